The van der Waals surface area contributed by atoms with Crippen molar-refractivity contribution in [3.05, 3.63) is 29.8 Å². The Morgan fingerprint density at radius 2 is 1.89 bits per heavy atom. The van der Waals surface area contributed by atoms with Crippen LogP contribution in [0.4, 0.5) is 5.69 Å². The number of methoxy groups -OCH3 is 1. The lowest BCUT2D eigenvalue weighted by Crippen LogP contribution is -2.46. The van der Waals surface area contributed by atoms with Gasteiger partial charge in [0.25, 0.3) is 5.91 Å². The third-order valence-electron chi connectivity index (χ3n) is 6.18. The number of fused-ring (bicyclic) bond motifs is 1. The van der Waals surface area contributed by atoms with Gasteiger partial charge < -0.3 is 9.64 Å². The molecule has 4 rings (SSSR count). The molecule has 1 aliphatic carbocycles. The van der Waals surface area contributed by atoms with Gasteiger partial charge in [0.2, 0.25) is 0 Å². The lowest BCUT2D eigenvalue weighted by atomic mass is 9.84. The highest BCUT2D eigenvalue weighted by Gasteiger charge is 2.48. The molecule has 3 atom stereocenters. The molecular weight excluding hydrogens is 342 g/mol. The van der Waals surface area contributed by atoms with E-state index in [9.17, 15) is 9.59 Å². The Labute approximate surface area is 160 Å². The SMILES string of the molecule is COC(=O)C1CC2CCCCC2N1C(=O)c1ccc(N2CCC(C)=N2)cc1. The normalized spacial score (nSPS) is 27.3. The van der Waals surface area contributed by atoms with Gasteiger partial charge in [0.05, 0.1) is 12.8 Å². The Morgan fingerprint density at radius 1 is 1.15 bits per heavy atom. The summed E-state index contributed by atoms with van der Waals surface area (Å²) in [6.45, 7) is 2.90. The number of anilines is 1. The smallest absolute Gasteiger partial charge is 0.328 e. The maximum Gasteiger partial charge on any atom is 0.328 e. The number of carbonyl (C=O) groups is 2. The zero-order valence-electron chi connectivity index (χ0n) is 16.1. The Hall–Kier alpha value is -2.37. The summed E-state index contributed by atoms with van der Waals surface area (Å²) < 4.78 is 5.00. The van der Waals surface area contributed by atoms with E-state index in [1.165, 1.54) is 13.5 Å². The van der Waals surface area contributed by atoms with E-state index in [0.29, 0.717) is 11.5 Å². The lowest BCUT2D eigenvalue weighted by molar-refractivity contribution is -0.145. The Balaban J connectivity index is 1.57. The summed E-state index contributed by atoms with van der Waals surface area (Å²) in [5.41, 5.74) is 2.74. The number of esters is 1. The molecule has 2 fully saturated rings. The van der Waals surface area contributed by atoms with Gasteiger partial charge in [0.15, 0.2) is 0 Å². The van der Waals surface area contributed by atoms with Gasteiger partial charge in [-0.2, -0.15) is 5.10 Å². The molecule has 144 valence electrons. The van der Waals surface area contributed by atoms with Crippen LogP contribution in [-0.4, -0.2) is 48.2 Å². The van der Waals surface area contributed by atoms with Crippen molar-refractivity contribution in [2.75, 3.05) is 18.7 Å². The van der Waals surface area contributed by atoms with E-state index in [1.807, 2.05) is 41.1 Å². The van der Waals surface area contributed by atoms with Gasteiger partial charge in [-0.15, -0.1) is 0 Å². The third kappa shape index (κ3) is 3.33. The highest BCUT2D eigenvalue weighted by molar-refractivity contribution is 5.98. The van der Waals surface area contributed by atoms with Crippen molar-refractivity contribution >= 4 is 23.3 Å². The van der Waals surface area contributed by atoms with Crippen molar-refractivity contribution in [2.45, 2.75) is 57.5 Å². The molecule has 1 saturated heterocycles. The number of rotatable bonds is 3. The summed E-state index contributed by atoms with van der Waals surface area (Å²) >= 11 is 0. The molecule has 0 bridgehead atoms. The highest BCUT2D eigenvalue weighted by Crippen LogP contribution is 2.41. The standard InChI is InChI=1S/C21H27N3O3/c1-14-11-12-23(22-14)17-9-7-15(8-10-17)20(25)24-18-6-4-3-5-16(18)13-19(24)21(26)27-2/h7-10,16,18-19H,3-6,11-13H2,1-2H3. The van der Waals surface area contributed by atoms with E-state index in [0.717, 1.165) is 50.0 Å². The monoisotopic (exact) mass is 369 g/mol. The molecule has 0 spiro atoms. The largest absolute Gasteiger partial charge is 0.467 e. The second-order valence-corrected chi connectivity index (χ2v) is 7.85. The molecule has 0 N–H and O–H groups in total. The predicted molar refractivity (Wildman–Crippen MR) is 104 cm³/mol. The van der Waals surface area contributed by atoms with E-state index in [4.69, 9.17) is 4.74 Å². The molecule has 6 heteroatoms. The van der Waals surface area contributed by atoms with Crippen LogP contribution in [0.2, 0.25) is 0 Å². The van der Waals surface area contributed by atoms with Crippen molar-refractivity contribution in [1.29, 1.82) is 0 Å². The maximum atomic E-state index is 13.3. The van der Waals surface area contributed by atoms with Gasteiger partial charge >= 0.3 is 5.97 Å². The summed E-state index contributed by atoms with van der Waals surface area (Å²) in [6.07, 6.45) is 6.06. The number of amides is 1. The number of carbonyl (C=O) groups excluding carboxylic acids is 2. The fraction of sp³-hybridized carbons (Fsp3) is 0.571. The number of hydrogen-bond acceptors (Lipinski definition) is 5. The summed E-state index contributed by atoms with van der Waals surface area (Å²) in [4.78, 5) is 27.4. The first kappa shape index (κ1) is 18.0. The second kappa shape index (κ2) is 7.33. The molecule has 1 aromatic carbocycles. The predicted octanol–water partition coefficient (Wildman–Crippen LogP) is 3.22. The van der Waals surface area contributed by atoms with Crippen molar-refractivity contribution in [3.63, 3.8) is 0 Å². The van der Waals surface area contributed by atoms with Gasteiger partial charge in [-0.05, 0) is 56.4 Å². The second-order valence-electron chi connectivity index (χ2n) is 7.85. The average molecular weight is 369 g/mol. The number of benzene rings is 1. The van der Waals surface area contributed by atoms with Crippen molar-refractivity contribution < 1.29 is 14.3 Å². The molecule has 1 aromatic rings. The van der Waals surface area contributed by atoms with Gasteiger partial charge in [-0.25, -0.2) is 4.79 Å². The van der Waals surface area contributed by atoms with Gasteiger partial charge in [-0.3, -0.25) is 9.80 Å². The molecule has 0 radical (unpaired) electrons. The Bertz CT molecular complexity index is 758. The Morgan fingerprint density at radius 3 is 2.56 bits per heavy atom. The van der Waals surface area contributed by atoms with E-state index < -0.39 is 6.04 Å². The van der Waals surface area contributed by atoms with E-state index >= 15 is 0 Å². The van der Waals surface area contributed by atoms with Gasteiger partial charge in [0, 0.05) is 30.3 Å². The average Bonchev–Trinajstić information content (AvgIpc) is 3.30. The molecule has 3 unspecified atom stereocenters. The topological polar surface area (TPSA) is 62.2 Å². The van der Waals surface area contributed by atoms with Crippen LogP contribution < -0.4 is 5.01 Å². The van der Waals surface area contributed by atoms with Crippen molar-refractivity contribution in [3.8, 4) is 0 Å². The molecule has 3 aliphatic rings. The van der Waals surface area contributed by atoms with Gasteiger partial charge in [0.1, 0.15) is 6.04 Å². The van der Waals surface area contributed by atoms with E-state index in [-0.39, 0.29) is 17.9 Å². The lowest BCUT2D eigenvalue weighted by Gasteiger charge is -2.33. The van der Waals surface area contributed by atoms with Crippen LogP contribution in [0.15, 0.2) is 29.4 Å². The number of hydrogen-bond donors (Lipinski definition) is 0. The molecule has 27 heavy (non-hydrogen) atoms. The van der Waals surface area contributed by atoms with Crippen LogP contribution in [-0.2, 0) is 9.53 Å². The van der Waals surface area contributed by atoms with Crippen LogP contribution >= 0.6 is 0 Å². The minimum atomic E-state index is -0.457. The number of ether oxygens (including phenoxy) is 1. The number of likely N-dealkylation sites (tertiary alicyclic amines) is 1. The minimum absolute atomic E-state index is 0.0625. The van der Waals surface area contributed by atoms with Crippen LogP contribution in [0.3, 0.4) is 0 Å². The van der Waals surface area contributed by atoms with E-state index in [2.05, 4.69) is 5.10 Å². The van der Waals surface area contributed by atoms with Crippen LogP contribution in [0, 0.1) is 5.92 Å². The van der Waals surface area contributed by atoms with Crippen LogP contribution in [0.25, 0.3) is 0 Å². The quantitative estimate of drug-likeness (QED) is 0.768. The molecular formula is C21H27N3O3. The maximum absolute atomic E-state index is 13.3. The first-order valence-electron chi connectivity index (χ1n) is 9.90. The zero-order valence-corrected chi connectivity index (χ0v) is 16.1. The highest BCUT2D eigenvalue weighted by atomic mass is 16.5. The van der Waals surface area contributed by atoms with Gasteiger partial charge in [-0.1, -0.05) is 12.8 Å². The fourth-order valence-corrected chi connectivity index (χ4v) is 4.78. The molecule has 2 heterocycles. The zero-order chi connectivity index (χ0) is 19.0. The molecule has 6 nitrogen and oxygen atoms in total. The number of nitrogens with zero attached hydrogens (tertiary/aromatic N) is 3. The summed E-state index contributed by atoms with van der Waals surface area (Å²) in [5, 5.41) is 6.47. The fourth-order valence-electron chi connectivity index (χ4n) is 4.78. The molecule has 1 amide bonds. The van der Waals surface area contributed by atoms with Crippen LogP contribution in [0.1, 0.15) is 55.8 Å². The van der Waals surface area contributed by atoms with Crippen molar-refractivity contribution in [2.24, 2.45) is 11.0 Å². The van der Waals surface area contributed by atoms with E-state index in [1.54, 1.807) is 0 Å². The molecule has 1 saturated carbocycles. The number of hydrazone groups is 1. The third-order valence-corrected chi connectivity index (χ3v) is 6.18. The summed E-state index contributed by atoms with van der Waals surface area (Å²) in [6, 6.07) is 7.28. The molecule has 2 aliphatic heterocycles. The summed E-state index contributed by atoms with van der Waals surface area (Å²) in [5.74, 6) is 0.0525. The minimum Gasteiger partial charge on any atom is -0.467 e. The molecule has 0 aromatic heterocycles. The summed E-state index contributed by atoms with van der Waals surface area (Å²) in [7, 11) is 1.40. The Kier molecular flexibility index (Phi) is 4.89. The van der Waals surface area contributed by atoms with Crippen LogP contribution in [0.5, 0.6) is 0 Å². The first-order chi connectivity index (χ1) is 13.1. The first-order valence-corrected chi connectivity index (χ1v) is 9.90. The van der Waals surface area contributed by atoms with Crippen molar-refractivity contribution in [1.82, 2.24) is 4.90 Å².